The number of anilines is 2. The van der Waals surface area contributed by atoms with E-state index in [-0.39, 0.29) is 4.90 Å². The lowest BCUT2D eigenvalue weighted by Gasteiger charge is -2.23. The molecule has 2 aromatic carbocycles. The summed E-state index contributed by atoms with van der Waals surface area (Å²) >= 11 is 0. The van der Waals surface area contributed by atoms with Gasteiger partial charge in [0, 0.05) is 12.7 Å². The Hall–Kier alpha value is -1.85. The molecule has 0 bridgehead atoms. The van der Waals surface area contributed by atoms with E-state index in [2.05, 4.69) is 0 Å². The van der Waals surface area contributed by atoms with Crippen LogP contribution in [0.1, 0.15) is 5.56 Å². The van der Waals surface area contributed by atoms with Crippen LogP contribution in [-0.4, -0.2) is 20.0 Å². The Morgan fingerprint density at radius 2 is 1.63 bits per heavy atom. The van der Waals surface area contributed by atoms with Crippen molar-refractivity contribution >= 4 is 21.5 Å². The lowest BCUT2D eigenvalue weighted by Crippen LogP contribution is -2.15. The van der Waals surface area contributed by atoms with Gasteiger partial charge < -0.3 is 4.90 Å². The average Bonchev–Trinajstić information content (AvgIpc) is 2.37. The van der Waals surface area contributed by atoms with Gasteiger partial charge >= 0.3 is 0 Å². The van der Waals surface area contributed by atoms with Crippen LogP contribution in [0.5, 0.6) is 0 Å². The first-order valence-electron chi connectivity index (χ1n) is 5.77. The van der Waals surface area contributed by atoms with Crippen molar-refractivity contribution in [3.05, 3.63) is 54.1 Å². The summed E-state index contributed by atoms with van der Waals surface area (Å²) in [6, 6.07) is 14.2. The maximum atomic E-state index is 11.5. The van der Waals surface area contributed by atoms with Gasteiger partial charge in [0.15, 0.2) is 0 Å². The van der Waals surface area contributed by atoms with E-state index in [1.807, 2.05) is 43.3 Å². The van der Waals surface area contributed by atoms with Crippen LogP contribution in [0.25, 0.3) is 0 Å². The summed E-state index contributed by atoms with van der Waals surface area (Å²) in [7, 11) is -2.48. The fourth-order valence-corrected chi connectivity index (χ4v) is 2.84. The number of aryl methyl sites for hydroxylation is 1. The minimum absolute atomic E-state index is 0.0844. The zero-order valence-corrected chi connectivity index (χ0v) is 11.6. The van der Waals surface area contributed by atoms with Crippen LogP contribution in [0.3, 0.4) is 0 Å². The van der Waals surface area contributed by atoms with Crippen LogP contribution in [0.15, 0.2) is 53.4 Å². The summed E-state index contributed by atoms with van der Waals surface area (Å²) in [5.74, 6) is 0. The number of hydrogen-bond donors (Lipinski definition) is 1. The van der Waals surface area contributed by atoms with Crippen molar-refractivity contribution in [3.8, 4) is 0 Å². The molecule has 0 saturated heterocycles. The standard InChI is InChI=1S/C14H15NO3S/c1-11-7-6-10-13(19(16,17)18)14(11)15(2)12-8-4-3-5-9-12/h3-10H,1-2H3,(H,16,17,18). The van der Waals surface area contributed by atoms with Gasteiger partial charge in [0.1, 0.15) is 4.90 Å². The Morgan fingerprint density at radius 1 is 1.00 bits per heavy atom. The summed E-state index contributed by atoms with van der Waals surface area (Å²) in [6.45, 7) is 1.81. The van der Waals surface area contributed by atoms with Crippen molar-refractivity contribution in [2.24, 2.45) is 0 Å². The molecule has 0 spiro atoms. The quantitative estimate of drug-likeness (QED) is 0.876. The SMILES string of the molecule is Cc1cccc(S(=O)(=O)O)c1N(C)c1ccccc1. The molecule has 0 aromatic heterocycles. The highest BCUT2D eigenvalue weighted by atomic mass is 32.2. The van der Waals surface area contributed by atoms with Crippen LogP contribution in [-0.2, 0) is 10.1 Å². The van der Waals surface area contributed by atoms with Gasteiger partial charge in [-0.15, -0.1) is 0 Å². The van der Waals surface area contributed by atoms with Crippen LogP contribution in [0.2, 0.25) is 0 Å². The molecule has 0 unspecified atom stereocenters. The first kappa shape index (κ1) is 13.6. The molecule has 2 aromatic rings. The molecule has 0 aliphatic carbocycles. The summed E-state index contributed by atoms with van der Waals surface area (Å²) < 4.78 is 32.3. The van der Waals surface area contributed by atoms with Crippen molar-refractivity contribution in [2.45, 2.75) is 11.8 Å². The van der Waals surface area contributed by atoms with Gasteiger partial charge in [0.05, 0.1) is 5.69 Å². The smallest absolute Gasteiger partial charge is 0.296 e. The van der Waals surface area contributed by atoms with Crippen molar-refractivity contribution in [3.63, 3.8) is 0 Å². The third-order valence-corrected chi connectivity index (χ3v) is 3.84. The van der Waals surface area contributed by atoms with Gasteiger partial charge in [0.25, 0.3) is 10.1 Å². The van der Waals surface area contributed by atoms with Crippen molar-refractivity contribution < 1.29 is 13.0 Å². The summed E-state index contributed by atoms with van der Waals surface area (Å²) in [6.07, 6.45) is 0. The molecule has 19 heavy (non-hydrogen) atoms. The summed E-state index contributed by atoms with van der Waals surface area (Å²) in [5.41, 5.74) is 2.11. The maximum absolute atomic E-state index is 11.5. The van der Waals surface area contributed by atoms with Gasteiger partial charge in [0.2, 0.25) is 0 Å². The summed E-state index contributed by atoms with van der Waals surface area (Å²) in [5, 5.41) is 0. The van der Waals surface area contributed by atoms with Crippen molar-refractivity contribution in [1.29, 1.82) is 0 Å². The van der Waals surface area contributed by atoms with Gasteiger partial charge in [-0.3, -0.25) is 4.55 Å². The second kappa shape index (κ2) is 5.03. The Kier molecular flexibility index (Phi) is 3.59. The third kappa shape index (κ3) is 2.77. The topological polar surface area (TPSA) is 57.6 Å². The van der Waals surface area contributed by atoms with E-state index in [1.165, 1.54) is 6.07 Å². The van der Waals surface area contributed by atoms with Crippen molar-refractivity contribution in [2.75, 3.05) is 11.9 Å². The fourth-order valence-electron chi connectivity index (χ4n) is 2.05. The first-order chi connectivity index (χ1) is 8.91. The monoisotopic (exact) mass is 277 g/mol. The van der Waals surface area contributed by atoms with Crippen molar-refractivity contribution in [1.82, 2.24) is 0 Å². The van der Waals surface area contributed by atoms with E-state index in [0.717, 1.165) is 11.3 Å². The Balaban J connectivity index is 2.63. The van der Waals surface area contributed by atoms with Crippen LogP contribution in [0, 0.1) is 6.92 Å². The van der Waals surface area contributed by atoms with E-state index < -0.39 is 10.1 Å². The van der Waals surface area contributed by atoms with E-state index in [1.54, 1.807) is 18.0 Å². The van der Waals surface area contributed by atoms with Gasteiger partial charge in [-0.25, -0.2) is 0 Å². The molecule has 0 aliphatic heterocycles. The Labute approximate surface area is 113 Å². The highest BCUT2D eigenvalue weighted by Gasteiger charge is 2.20. The highest BCUT2D eigenvalue weighted by molar-refractivity contribution is 7.86. The number of para-hydroxylation sites is 2. The van der Waals surface area contributed by atoms with Crippen LogP contribution in [0.4, 0.5) is 11.4 Å². The first-order valence-corrected chi connectivity index (χ1v) is 7.21. The number of nitrogens with zero attached hydrogens (tertiary/aromatic N) is 1. The lowest BCUT2D eigenvalue weighted by atomic mass is 10.1. The van der Waals surface area contributed by atoms with Crippen LogP contribution >= 0.6 is 0 Å². The van der Waals surface area contributed by atoms with E-state index in [9.17, 15) is 13.0 Å². The normalized spacial score (nSPS) is 11.3. The molecule has 0 atom stereocenters. The van der Waals surface area contributed by atoms with E-state index >= 15 is 0 Å². The van der Waals surface area contributed by atoms with Gasteiger partial charge in [-0.1, -0.05) is 30.3 Å². The molecule has 1 N–H and O–H groups in total. The predicted octanol–water partition coefficient (Wildman–Crippen LogP) is 3.01. The lowest BCUT2D eigenvalue weighted by molar-refractivity contribution is 0.483. The Bertz CT molecular complexity index is 681. The van der Waals surface area contributed by atoms with E-state index in [4.69, 9.17) is 0 Å². The molecule has 0 fully saturated rings. The van der Waals surface area contributed by atoms with Gasteiger partial charge in [-0.05, 0) is 30.7 Å². The number of hydrogen-bond acceptors (Lipinski definition) is 3. The second-order valence-corrected chi connectivity index (χ2v) is 5.68. The fraction of sp³-hybridized carbons (Fsp3) is 0.143. The zero-order valence-electron chi connectivity index (χ0n) is 10.7. The highest BCUT2D eigenvalue weighted by Crippen LogP contribution is 2.32. The number of rotatable bonds is 3. The second-order valence-electron chi connectivity index (χ2n) is 4.29. The minimum Gasteiger partial charge on any atom is -0.343 e. The average molecular weight is 277 g/mol. The predicted molar refractivity (Wildman–Crippen MR) is 75.5 cm³/mol. The minimum atomic E-state index is -4.25. The molecule has 5 heteroatoms. The molecule has 100 valence electrons. The molecule has 0 aliphatic rings. The molecular formula is C14H15NO3S. The largest absolute Gasteiger partial charge is 0.343 e. The molecule has 0 radical (unpaired) electrons. The molecule has 4 nitrogen and oxygen atoms in total. The molecule has 0 heterocycles. The maximum Gasteiger partial charge on any atom is 0.296 e. The molecule has 0 amide bonds. The van der Waals surface area contributed by atoms with Crippen LogP contribution < -0.4 is 4.90 Å². The molecular weight excluding hydrogens is 262 g/mol. The van der Waals surface area contributed by atoms with E-state index in [0.29, 0.717) is 5.69 Å². The number of benzene rings is 2. The summed E-state index contributed by atoms with van der Waals surface area (Å²) in [4.78, 5) is 1.66. The van der Waals surface area contributed by atoms with Gasteiger partial charge in [-0.2, -0.15) is 8.42 Å². The zero-order chi connectivity index (χ0) is 14.0. The molecule has 0 saturated carbocycles. The third-order valence-electron chi connectivity index (χ3n) is 2.96. The molecule has 2 rings (SSSR count). The Morgan fingerprint density at radius 3 is 2.21 bits per heavy atom.